The Balaban J connectivity index is 1.73. The third-order valence-electron chi connectivity index (χ3n) is 4.04. The van der Waals surface area contributed by atoms with Gasteiger partial charge in [-0.05, 0) is 44.7 Å². The van der Waals surface area contributed by atoms with Crippen LogP contribution in [0.1, 0.15) is 31.7 Å². The fraction of sp³-hybridized carbons (Fsp3) is 0.529. The molecule has 0 radical (unpaired) electrons. The Hall–Kier alpha value is -1.89. The maximum Gasteiger partial charge on any atom is 0.307 e. The van der Waals surface area contributed by atoms with Crippen molar-refractivity contribution in [1.29, 1.82) is 0 Å². The zero-order valence-electron chi connectivity index (χ0n) is 13.9. The highest BCUT2D eigenvalue weighted by molar-refractivity contribution is 7.91. The average molecular weight is 353 g/mol. The lowest BCUT2D eigenvalue weighted by Crippen LogP contribution is -2.37. The molecule has 1 saturated carbocycles. The Morgan fingerprint density at radius 1 is 1.25 bits per heavy atom. The first kappa shape index (κ1) is 18.4. The minimum Gasteiger partial charge on any atom is -0.456 e. The van der Waals surface area contributed by atoms with E-state index >= 15 is 0 Å². The Morgan fingerprint density at radius 2 is 1.88 bits per heavy atom. The molecular formula is C17H23NO5S. The van der Waals surface area contributed by atoms with Gasteiger partial charge in [0.25, 0.3) is 5.91 Å². The molecule has 2 rings (SSSR count). The second-order valence-corrected chi connectivity index (χ2v) is 8.35. The van der Waals surface area contributed by atoms with Crippen LogP contribution in [0.5, 0.6) is 0 Å². The summed E-state index contributed by atoms with van der Waals surface area (Å²) >= 11 is 0. The Kier molecular flexibility index (Phi) is 5.99. The van der Waals surface area contributed by atoms with E-state index < -0.39 is 15.8 Å². The molecule has 7 heteroatoms. The lowest BCUT2D eigenvalue weighted by molar-refractivity contribution is -0.148. The van der Waals surface area contributed by atoms with E-state index in [1.807, 2.05) is 13.8 Å². The SMILES string of the molecule is Cc1ccc(S(=O)(=O)CCC(=O)OCC(=O)N[C@@H](C)C2CC2)cc1. The predicted octanol–water partition coefficient (Wildman–Crippen LogP) is 1.62. The van der Waals surface area contributed by atoms with Gasteiger partial charge in [0.05, 0.1) is 17.1 Å². The molecule has 24 heavy (non-hydrogen) atoms. The molecule has 1 fully saturated rings. The number of ether oxygens (including phenoxy) is 1. The number of sulfone groups is 1. The Bertz CT molecular complexity index is 692. The highest BCUT2D eigenvalue weighted by Crippen LogP contribution is 2.32. The third kappa shape index (κ3) is 5.63. The van der Waals surface area contributed by atoms with Crippen LogP contribution in [0.15, 0.2) is 29.2 Å². The van der Waals surface area contributed by atoms with Gasteiger partial charge in [0, 0.05) is 6.04 Å². The molecule has 0 aromatic heterocycles. The van der Waals surface area contributed by atoms with E-state index in [-0.39, 0.29) is 35.6 Å². The zero-order valence-corrected chi connectivity index (χ0v) is 14.8. The van der Waals surface area contributed by atoms with Crippen LogP contribution in [0.3, 0.4) is 0 Å². The molecule has 132 valence electrons. The molecule has 1 aromatic carbocycles. The zero-order chi connectivity index (χ0) is 17.7. The normalized spacial score (nSPS) is 15.6. The van der Waals surface area contributed by atoms with Crippen LogP contribution in [0.2, 0.25) is 0 Å². The van der Waals surface area contributed by atoms with Crippen molar-refractivity contribution in [3.63, 3.8) is 0 Å². The van der Waals surface area contributed by atoms with Crippen molar-refractivity contribution >= 4 is 21.7 Å². The number of aryl methyl sites for hydroxylation is 1. The molecule has 0 heterocycles. The number of benzene rings is 1. The summed E-state index contributed by atoms with van der Waals surface area (Å²) in [6, 6.07) is 6.52. The molecule has 0 spiro atoms. The molecular weight excluding hydrogens is 330 g/mol. The minimum atomic E-state index is -3.53. The first-order valence-corrected chi connectivity index (χ1v) is 9.67. The summed E-state index contributed by atoms with van der Waals surface area (Å²) < 4.78 is 29.1. The standard InChI is InChI=1S/C17H23NO5S/c1-12-3-7-15(8-4-12)24(21,22)10-9-17(20)23-11-16(19)18-13(2)14-5-6-14/h3-4,7-8,13-14H,5-6,9-11H2,1-2H3,(H,18,19)/t13-/m0/s1. The van der Waals surface area contributed by atoms with Gasteiger partial charge in [-0.25, -0.2) is 8.42 Å². The number of nitrogens with one attached hydrogen (secondary N) is 1. The van der Waals surface area contributed by atoms with Crippen LogP contribution in [0.4, 0.5) is 0 Å². The molecule has 0 aliphatic heterocycles. The molecule has 0 saturated heterocycles. The van der Waals surface area contributed by atoms with Gasteiger partial charge in [0.2, 0.25) is 0 Å². The minimum absolute atomic E-state index is 0.0816. The number of amides is 1. The summed E-state index contributed by atoms with van der Waals surface area (Å²) in [5.41, 5.74) is 0.958. The quantitative estimate of drug-likeness (QED) is 0.717. The van der Waals surface area contributed by atoms with Gasteiger partial charge in [-0.3, -0.25) is 9.59 Å². The Morgan fingerprint density at radius 3 is 2.46 bits per heavy atom. The van der Waals surface area contributed by atoms with Gasteiger partial charge in [0.15, 0.2) is 16.4 Å². The third-order valence-corrected chi connectivity index (χ3v) is 5.77. The van der Waals surface area contributed by atoms with Crippen molar-refractivity contribution in [2.45, 2.75) is 44.0 Å². The van der Waals surface area contributed by atoms with Crippen LogP contribution < -0.4 is 5.32 Å². The number of carbonyl (C=O) groups excluding carboxylic acids is 2. The summed E-state index contributed by atoms with van der Waals surface area (Å²) in [6.45, 7) is 3.41. The largest absolute Gasteiger partial charge is 0.456 e. The van der Waals surface area contributed by atoms with Crippen LogP contribution in [-0.4, -0.2) is 38.7 Å². The summed E-state index contributed by atoms with van der Waals surface area (Å²) in [5.74, 6) is -0.872. The maximum absolute atomic E-state index is 12.1. The second kappa shape index (κ2) is 7.79. The van der Waals surface area contributed by atoms with E-state index in [0.29, 0.717) is 5.92 Å². The van der Waals surface area contributed by atoms with Crippen molar-refractivity contribution in [2.24, 2.45) is 5.92 Å². The monoisotopic (exact) mass is 353 g/mol. The molecule has 0 unspecified atom stereocenters. The van der Waals surface area contributed by atoms with Gasteiger partial charge in [0.1, 0.15) is 0 Å². The molecule has 1 aromatic rings. The summed E-state index contributed by atoms with van der Waals surface area (Å²) in [6.07, 6.45) is 1.94. The van der Waals surface area contributed by atoms with Gasteiger partial charge in [-0.15, -0.1) is 0 Å². The first-order valence-electron chi connectivity index (χ1n) is 8.02. The second-order valence-electron chi connectivity index (χ2n) is 6.24. The number of hydrogen-bond donors (Lipinski definition) is 1. The van der Waals surface area contributed by atoms with E-state index in [0.717, 1.165) is 18.4 Å². The highest BCUT2D eigenvalue weighted by Gasteiger charge is 2.29. The maximum atomic E-state index is 12.1. The fourth-order valence-corrected chi connectivity index (χ4v) is 3.53. The van der Waals surface area contributed by atoms with Crippen molar-refractivity contribution in [2.75, 3.05) is 12.4 Å². The number of rotatable bonds is 8. The van der Waals surface area contributed by atoms with Crippen molar-refractivity contribution in [3.05, 3.63) is 29.8 Å². The summed E-state index contributed by atoms with van der Waals surface area (Å²) in [5, 5.41) is 2.77. The molecule has 1 amide bonds. The number of esters is 1. The molecule has 1 aliphatic rings. The van der Waals surface area contributed by atoms with Crippen molar-refractivity contribution < 1.29 is 22.7 Å². The summed E-state index contributed by atoms with van der Waals surface area (Å²) in [4.78, 5) is 23.5. The lowest BCUT2D eigenvalue weighted by atomic mass is 10.2. The van der Waals surface area contributed by atoms with Crippen LogP contribution in [-0.2, 0) is 24.2 Å². The Labute approximate surface area is 142 Å². The smallest absolute Gasteiger partial charge is 0.307 e. The molecule has 0 bridgehead atoms. The van der Waals surface area contributed by atoms with Gasteiger partial charge in [-0.2, -0.15) is 0 Å². The number of carbonyl (C=O) groups is 2. The lowest BCUT2D eigenvalue weighted by Gasteiger charge is -2.12. The molecule has 1 atom stereocenters. The van der Waals surface area contributed by atoms with Crippen molar-refractivity contribution in [3.8, 4) is 0 Å². The van der Waals surface area contributed by atoms with Crippen molar-refractivity contribution in [1.82, 2.24) is 5.32 Å². The van der Waals surface area contributed by atoms with Crippen LogP contribution in [0, 0.1) is 12.8 Å². The number of hydrogen-bond acceptors (Lipinski definition) is 5. The van der Waals surface area contributed by atoms with E-state index in [1.54, 1.807) is 12.1 Å². The van der Waals surface area contributed by atoms with E-state index in [9.17, 15) is 18.0 Å². The predicted molar refractivity (Wildman–Crippen MR) is 89.1 cm³/mol. The van der Waals surface area contributed by atoms with Gasteiger partial charge in [-0.1, -0.05) is 17.7 Å². The van der Waals surface area contributed by atoms with Crippen LogP contribution >= 0.6 is 0 Å². The molecule has 1 N–H and O–H groups in total. The van der Waals surface area contributed by atoms with E-state index in [1.165, 1.54) is 12.1 Å². The summed E-state index contributed by atoms with van der Waals surface area (Å²) in [7, 11) is -3.53. The average Bonchev–Trinajstić information content (AvgIpc) is 3.36. The highest BCUT2D eigenvalue weighted by atomic mass is 32.2. The topological polar surface area (TPSA) is 89.5 Å². The van der Waals surface area contributed by atoms with Gasteiger partial charge >= 0.3 is 5.97 Å². The molecule has 6 nitrogen and oxygen atoms in total. The van der Waals surface area contributed by atoms with E-state index in [4.69, 9.17) is 4.74 Å². The molecule has 1 aliphatic carbocycles. The van der Waals surface area contributed by atoms with Crippen LogP contribution in [0.25, 0.3) is 0 Å². The fourth-order valence-electron chi connectivity index (χ4n) is 2.31. The first-order chi connectivity index (χ1) is 11.3. The van der Waals surface area contributed by atoms with E-state index in [2.05, 4.69) is 5.32 Å². The van der Waals surface area contributed by atoms with Gasteiger partial charge < -0.3 is 10.1 Å².